The minimum atomic E-state index is -0.540. The third-order valence-electron chi connectivity index (χ3n) is 4.85. The average Bonchev–Trinajstić information content (AvgIpc) is 3.00. The van der Waals surface area contributed by atoms with Crippen molar-refractivity contribution >= 4 is 17.5 Å². The largest absolute Gasteiger partial charge is 0.346 e. The number of nitrogens with one attached hydrogen (secondary N) is 1. The molecule has 30 heavy (non-hydrogen) atoms. The fourth-order valence-electron chi connectivity index (χ4n) is 3.45. The van der Waals surface area contributed by atoms with E-state index < -0.39 is 17.4 Å². The Morgan fingerprint density at radius 3 is 2.70 bits per heavy atom. The van der Waals surface area contributed by atoms with Crippen LogP contribution < -0.4 is 11.0 Å². The summed E-state index contributed by atoms with van der Waals surface area (Å²) in [6.07, 6.45) is 0. The summed E-state index contributed by atoms with van der Waals surface area (Å²) in [6.45, 7) is 2.70. The highest BCUT2D eigenvalue weighted by Crippen LogP contribution is 2.14. The highest BCUT2D eigenvalue weighted by atomic mass is 19.1. The average molecular weight is 409 g/mol. The molecule has 1 aliphatic heterocycles. The smallest absolute Gasteiger partial charge is 0.330 e. The predicted octanol–water partition coefficient (Wildman–Crippen LogP) is 1.79. The van der Waals surface area contributed by atoms with Crippen molar-refractivity contribution in [2.75, 3.05) is 11.9 Å². The van der Waals surface area contributed by atoms with Crippen LogP contribution in [-0.4, -0.2) is 37.6 Å². The highest BCUT2D eigenvalue weighted by Gasteiger charge is 2.30. The molecule has 2 aromatic carbocycles. The van der Waals surface area contributed by atoms with Crippen LogP contribution in [0.4, 0.5) is 10.1 Å². The van der Waals surface area contributed by atoms with Crippen molar-refractivity contribution in [3.63, 3.8) is 0 Å². The molecule has 0 unspecified atom stereocenters. The fourth-order valence-corrected chi connectivity index (χ4v) is 3.45. The SMILES string of the molecule is Cc1cccc(CN2CCn3c(nn(CC(=O)Nc4cccc(F)c4)c3=O)C2=O)c1. The summed E-state index contributed by atoms with van der Waals surface area (Å²) in [5.74, 6) is -1.37. The van der Waals surface area contributed by atoms with Gasteiger partial charge in [0.25, 0.3) is 5.91 Å². The van der Waals surface area contributed by atoms with Crippen LogP contribution in [0.1, 0.15) is 21.7 Å². The number of anilines is 1. The first-order chi connectivity index (χ1) is 14.4. The normalized spacial score (nSPS) is 13.3. The molecule has 0 saturated heterocycles. The monoisotopic (exact) mass is 409 g/mol. The van der Waals surface area contributed by atoms with E-state index in [0.717, 1.165) is 15.8 Å². The number of hydrogen-bond donors (Lipinski definition) is 1. The summed E-state index contributed by atoms with van der Waals surface area (Å²) in [5.41, 5.74) is 1.84. The highest BCUT2D eigenvalue weighted by molar-refractivity contribution is 5.92. The molecule has 0 aliphatic carbocycles. The second-order valence-corrected chi connectivity index (χ2v) is 7.19. The van der Waals surface area contributed by atoms with Gasteiger partial charge in [-0.1, -0.05) is 35.9 Å². The van der Waals surface area contributed by atoms with E-state index in [9.17, 15) is 18.8 Å². The molecule has 1 aliphatic rings. The Morgan fingerprint density at radius 1 is 1.13 bits per heavy atom. The van der Waals surface area contributed by atoms with E-state index in [0.29, 0.717) is 19.6 Å². The number of aromatic nitrogens is 3. The zero-order chi connectivity index (χ0) is 21.3. The molecule has 2 amide bonds. The number of benzene rings is 2. The van der Waals surface area contributed by atoms with E-state index in [1.807, 2.05) is 31.2 Å². The number of nitrogens with zero attached hydrogens (tertiary/aromatic N) is 4. The van der Waals surface area contributed by atoms with E-state index in [-0.39, 0.29) is 24.0 Å². The van der Waals surface area contributed by atoms with Crippen LogP contribution in [0, 0.1) is 12.7 Å². The maximum atomic E-state index is 13.3. The molecule has 0 spiro atoms. The van der Waals surface area contributed by atoms with Crippen molar-refractivity contribution in [1.29, 1.82) is 0 Å². The Kier molecular flexibility index (Phi) is 5.18. The van der Waals surface area contributed by atoms with Gasteiger partial charge in [-0.05, 0) is 30.7 Å². The van der Waals surface area contributed by atoms with E-state index in [2.05, 4.69) is 10.4 Å². The third-order valence-corrected chi connectivity index (χ3v) is 4.85. The molecule has 1 N–H and O–H groups in total. The van der Waals surface area contributed by atoms with Crippen LogP contribution in [0.2, 0.25) is 0 Å². The van der Waals surface area contributed by atoms with Crippen molar-refractivity contribution < 1.29 is 14.0 Å². The van der Waals surface area contributed by atoms with Crippen molar-refractivity contribution in [2.45, 2.75) is 26.6 Å². The molecule has 154 valence electrons. The standard InChI is InChI=1S/C21H20FN5O3/c1-14-4-2-5-15(10-14)12-25-8-9-26-19(20(25)29)24-27(21(26)30)13-18(28)23-17-7-3-6-16(22)11-17/h2-7,10-11H,8-9,12-13H2,1H3,(H,23,28). The van der Waals surface area contributed by atoms with Gasteiger partial charge in [0.2, 0.25) is 11.7 Å². The maximum absolute atomic E-state index is 13.3. The number of hydrogen-bond acceptors (Lipinski definition) is 4. The first kappa shape index (κ1) is 19.6. The summed E-state index contributed by atoms with van der Waals surface area (Å²) in [7, 11) is 0. The first-order valence-electron chi connectivity index (χ1n) is 9.48. The molecule has 8 nitrogen and oxygen atoms in total. The zero-order valence-electron chi connectivity index (χ0n) is 16.3. The molecule has 9 heteroatoms. The topological polar surface area (TPSA) is 89.2 Å². The maximum Gasteiger partial charge on any atom is 0.346 e. The van der Waals surface area contributed by atoms with Gasteiger partial charge in [0.15, 0.2) is 0 Å². The lowest BCUT2D eigenvalue weighted by atomic mass is 10.1. The number of carbonyl (C=O) groups excluding carboxylic acids is 2. The van der Waals surface area contributed by atoms with E-state index in [4.69, 9.17) is 0 Å². The van der Waals surface area contributed by atoms with Gasteiger partial charge in [-0.25, -0.2) is 13.9 Å². The van der Waals surface area contributed by atoms with Crippen molar-refractivity contribution in [1.82, 2.24) is 19.2 Å². The van der Waals surface area contributed by atoms with E-state index in [1.54, 1.807) is 4.90 Å². The minimum absolute atomic E-state index is 0.0115. The number of aryl methyl sites for hydroxylation is 1. The lowest BCUT2D eigenvalue weighted by Gasteiger charge is -2.26. The summed E-state index contributed by atoms with van der Waals surface area (Å²) in [4.78, 5) is 39.3. The summed E-state index contributed by atoms with van der Waals surface area (Å²) in [6, 6.07) is 13.3. The van der Waals surface area contributed by atoms with Crippen molar-refractivity contribution in [3.05, 3.63) is 81.8 Å². The van der Waals surface area contributed by atoms with Crippen LogP contribution >= 0.6 is 0 Å². The Labute approximate surface area is 171 Å². The van der Waals surface area contributed by atoms with Crippen LogP contribution in [0.3, 0.4) is 0 Å². The number of carbonyl (C=O) groups is 2. The van der Waals surface area contributed by atoms with Crippen molar-refractivity contribution in [2.24, 2.45) is 0 Å². The predicted molar refractivity (Wildman–Crippen MR) is 107 cm³/mol. The first-order valence-corrected chi connectivity index (χ1v) is 9.48. The van der Waals surface area contributed by atoms with Crippen LogP contribution in [0.15, 0.2) is 53.3 Å². The third kappa shape index (κ3) is 4.00. The minimum Gasteiger partial charge on any atom is -0.330 e. The van der Waals surface area contributed by atoms with Gasteiger partial charge in [0, 0.05) is 25.3 Å². The summed E-state index contributed by atoms with van der Waals surface area (Å²) < 4.78 is 15.5. The molecule has 0 radical (unpaired) electrons. The molecule has 3 aromatic rings. The van der Waals surface area contributed by atoms with Gasteiger partial charge in [-0.2, -0.15) is 0 Å². The van der Waals surface area contributed by atoms with Gasteiger partial charge in [-0.15, -0.1) is 5.10 Å². The number of halogens is 1. The Hall–Kier alpha value is -3.75. The van der Waals surface area contributed by atoms with Gasteiger partial charge in [-0.3, -0.25) is 14.2 Å². The van der Waals surface area contributed by atoms with Crippen LogP contribution in [0.5, 0.6) is 0 Å². The zero-order valence-corrected chi connectivity index (χ0v) is 16.3. The fraction of sp³-hybridized carbons (Fsp3) is 0.238. The second-order valence-electron chi connectivity index (χ2n) is 7.19. The molecular weight excluding hydrogens is 389 g/mol. The molecule has 0 bridgehead atoms. The molecule has 0 atom stereocenters. The van der Waals surface area contributed by atoms with Crippen molar-refractivity contribution in [3.8, 4) is 0 Å². The van der Waals surface area contributed by atoms with Gasteiger partial charge >= 0.3 is 5.69 Å². The lowest BCUT2D eigenvalue weighted by Crippen LogP contribution is -2.42. The second kappa shape index (κ2) is 7.94. The quantitative estimate of drug-likeness (QED) is 0.696. The van der Waals surface area contributed by atoms with Gasteiger partial charge in [0.1, 0.15) is 12.4 Å². The molecule has 1 aromatic heterocycles. The molecule has 0 saturated carbocycles. The number of amides is 2. The van der Waals surface area contributed by atoms with E-state index in [1.165, 1.54) is 28.8 Å². The Morgan fingerprint density at radius 2 is 1.93 bits per heavy atom. The molecule has 0 fully saturated rings. The Bertz CT molecular complexity index is 1180. The van der Waals surface area contributed by atoms with Gasteiger partial charge in [0.05, 0.1) is 0 Å². The molecular formula is C21H20FN5O3. The number of fused-ring (bicyclic) bond motifs is 1. The summed E-state index contributed by atoms with van der Waals surface area (Å²) >= 11 is 0. The Balaban J connectivity index is 1.49. The molecule has 2 heterocycles. The lowest BCUT2D eigenvalue weighted by molar-refractivity contribution is -0.117. The van der Waals surface area contributed by atoms with E-state index >= 15 is 0 Å². The van der Waals surface area contributed by atoms with Crippen LogP contribution in [0.25, 0.3) is 0 Å². The number of rotatable bonds is 5. The van der Waals surface area contributed by atoms with Gasteiger partial charge < -0.3 is 10.2 Å². The van der Waals surface area contributed by atoms with Crippen LogP contribution in [-0.2, 0) is 24.4 Å². The summed E-state index contributed by atoms with van der Waals surface area (Å²) in [5, 5.41) is 6.59. The molecule has 4 rings (SSSR count).